The third kappa shape index (κ3) is 2.73. The van der Waals surface area contributed by atoms with E-state index in [2.05, 4.69) is 121 Å². The SMILES string of the molecule is Cc1cc(-c2cc3c(cc2C)-c2c(ccc4ccccc24)C(C)(C)C3(C)C)[n+](C)cc1C. The summed E-state index contributed by atoms with van der Waals surface area (Å²) in [5.41, 5.74) is 12.3. The Balaban J connectivity index is 1.89. The minimum absolute atomic E-state index is 0.00144. The summed E-state index contributed by atoms with van der Waals surface area (Å²) in [6.07, 6.45) is 2.25. The van der Waals surface area contributed by atoms with E-state index in [1.165, 1.54) is 61.0 Å². The fraction of sp³-hybridized carbons (Fsp3) is 0.323. The number of hydrogen-bond donors (Lipinski definition) is 0. The van der Waals surface area contributed by atoms with Crippen LogP contribution >= 0.6 is 0 Å². The normalized spacial score (nSPS) is 16.0. The maximum Gasteiger partial charge on any atom is 0.212 e. The molecule has 0 saturated heterocycles. The molecule has 5 rings (SSSR count). The highest BCUT2D eigenvalue weighted by Gasteiger charge is 2.46. The average Bonchev–Trinajstić information content (AvgIpc) is 2.74. The van der Waals surface area contributed by atoms with Gasteiger partial charge in [0.15, 0.2) is 6.20 Å². The van der Waals surface area contributed by atoms with Gasteiger partial charge >= 0.3 is 0 Å². The molecule has 1 aromatic heterocycles. The third-order valence-corrected chi connectivity index (χ3v) is 8.49. The Labute approximate surface area is 192 Å². The molecule has 0 bridgehead atoms. The van der Waals surface area contributed by atoms with Crippen LogP contribution in [0.15, 0.2) is 60.8 Å². The molecule has 0 unspecified atom stereocenters. The minimum Gasteiger partial charge on any atom is -0.201 e. The van der Waals surface area contributed by atoms with Gasteiger partial charge in [-0.05, 0) is 81.8 Å². The van der Waals surface area contributed by atoms with Crippen LogP contribution in [0.2, 0.25) is 0 Å². The van der Waals surface area contributed by atoms with Crippen molar-refractivity contribution in [3.63, 3.8) is 0 Å². The Kier molecular flexibility index (Phi) is 4.44. The van der Waals surface area contributed by atoms with Gasteiger partial charge in [-0.1, -0.05) is 70.2 Å². The van der Waals surface area contributed by atoms with E-state index in [0.717, 1.165) is 0 Å². The average molecular weight is 421 g/mol. The van der Waals surface area contributed by atoms with Gasteiger partial charge in [-0.3, -0.25) is 0 Å². The maximum absolute atomic E-state index is 2.49. The lowest BCUT2D eigenvalue weighted by molar-refractivity contribution is -0.660. The predicted octanol–water partition coefficient (Wildman–Crippen LogP) is 7.49. The topological polar surface area (TPSA) is 3.88 Å². The lowest BCUT2D eigenvalue weighted by Crippen LogP contribution is -2.43. The van der Waals surface area contributed by atoms with Crippen LogP contribution in [0, 0.1) is 20.8 Å². The van der Waals surface area contributed by atoms with Crippen LogP contribution in [-0.4, -0.2) is 0 Å². The van der Waals surface area contributed by atoms with Crippen LogP contribution in [-0.2, 0) is 17.9 Å². The molecule has 0 amide bonds. The second-order valence-electron chi connectivity index (χ2n) is 10.8. The van der Waals surface area contributed by atoms with E-state index >= 15 is 0 Å². The van der Waals surface area contributed by atoms with Gasteiger partial charge in [-0.2, -0.15) is 0 Å². The highest BCUT2D eigenvalue weighted by molar-refractivity contribution is 6.01. The summed E-state index contributed by atoms with van der Waals surface area (Å²) in [7, 11) is 2.17. The summed E-state index contributed by atoms with van der Waals surface area (Å²) in [5, 5.41) is 2.67. The second kappa shape index (κ2) is 6.78. The Bertz CT molecular complexity index is 1400. The molecular formula is C31H34N+. The van der Waals surface area contributed by atoms with Gasteiger partial charge in [0.25, 0.3) is 0 Å². The fourth-order valence-corrected chi connectivity index (χ4v) is 5.61. The van der Waals surface area contributed by atoms with Crippen molar-refractivity contribution in [2.45, 2.75) is 59.3 Å². The van der Waals surface area contributed by atoms with E-state index < -0.39 is 0 Å². The standard InChI is InChI=1S/C31H34N/c1-19-16-28(32(8)18-21(19)3)24-17-27-25(15-20(24)2)29-23-12-10-9-11-22(23)13-14-26(29)30(4,5)31(27,6)7/h9-18H,1-8H3/q+1. The first-order valence-corrected chi connectivity index (χ1v) is 11.7. The smallest absolute Gasteiger partial charge is 0.201 e. The minimum atomic E-state index is -0.00144. The van der Waals surface area contributed by atoms with E-state index in [9.17, 15) is 0 Å². The molecular weight excluding hydrogens is 386 g/mol. The van der Waals surface area contributed by atoms with Crippen molar-refractivity contribution < 1.29 is 4.57 Å². The molecule has 1 heterocycles. The molecule has 32 heavy (non-hydrogen) atoms. The van der Waals surface area contributed by atoms with Crippen molar-refractivity contribution in [2.75, 3.05) is 0 Å². The number of nitrogens with zero attached hydrogens (tertiary/aromatic N) is 1. The largest absolute Gasteiger partial charge is 0.212 e. The number of hydrogen-bond acceptors (Lipinski definition) is 0. The number of fused-ring (bicyclic) bond motifs is 5. The molecule has 0 fully saturated rings. The molecule has 3 aromatic carbocycles. The maximum atomic E-state index is 2.49. The van der Waals surface area contributed by atoms with Crippen LogP contribution in [0.4, 0.5) is 0 Å². The summed E-state index contributed by atoms with van der Waals surface area (Å²) < 4.78 is 2.28. The Hall–Kier alpha value is -2.93. The number of rotatable bonds is 1. The van der Waals surface area contributed by atoms with Gasteiger partial charge in [0, 0.05) is 17.2 Å². The van der Waals surface area contributed by atoms with Crippen LogP contribution < -0.4 is 4.57 Å². The van der Waals surface area contributed by atoms with Crippen molar-refractivity contribution in [3.05, 3.63) is 88.6 Å². The van der Waals surface area contributed by atoms with E-state index in [1.807, 2.05) is 0 Å². The first-order valence-electron chi connectivity index (χ1n) is 11.7. The first kappa shape index (κ1) is 20.9. The van der Waals surface area contributed by atoms with E-state index in [1.54, 1.807) is 0 Å². The van der Waals surface area contributed by atoms with Gasteiger partial charge in [-0.15, -0.1) is 0 Å². The van der Waals surface area contributed by atoms with Crippen LogP contribution in [0.25, 0.3) is 33.2 Å². The molecule has 1 aliphatic carbocycles. The molecule has 0 radical (unpaired) electrons. The predicted molar refractivity (Wildman–Crippen MR) is 136 cm³/mol. The Morgan fingerprint density at radius 3 is 2.09 bits per heavy atom. The molecule has 162 valence electrons. The van der Waals surface area contributed by atoms with Crippen LogP contribution in [0.3, 0.4) is 0 Å². The summed E-state index contributed by atoms with van der Waals surface area (Å²) in [6.45, 7) is 16.3. The molecule has 0 saturated carbocycles. The second-order valence-corrected chi connectivity index (χ2v) is 10.8. The van der Waals surface area contributed by atoms with Crippen molar-refractivity contribution >= 4 is 10.8 Å². The van der Waals surface area contributed by atoms with Gasteiger partial charge in [-0.25, -0.2) is 4.57 Å². The molecule has 0 atom stereocenters. The van der Waals surface area contributed by atoms with Crippen LogP contribution in [0.5, 0.6) is 0 Å². The Morgan fingerprint density at radius 1 is 0.656 bits per heavy atom. The fourth-order valence-electron chi connectivity index (χ4n) is 5.61. The van der Waals surface area contributed by atoms with Crippen molar-refractivity contribution in [1.82, 2.24) is 0 Å². The number of aryl methyl sites for hydroxylation is 4. The highest BCUT2D eigenvalue weighted by atomic mass is 14.9. The zero-order chi connectivity index (χ0) is 23.0. The summed E-state index contributed by atoms with van der Waals surface area (Å²) in [6, 6.07) is 20.8. The summed E-state index contributed by atoms with van der Waals surface area (Å²) in [4.78, 5) is 0. The molecule has 1 nitrogen and oxygen atoms in total. The molecule has 0 aliphatic heterocycles. The van der Waals surface area contributed by atoms with Gasteiger partial charge < -0.3 is 0 Å². The number of aromatic nitrogens is 1. The zero-order valence-corrected chi connectivity index (χ0v) is 20.7. The molecule has 1 heteroatoms. The van der Waals surface area contributed by atoms with Crippen molar-refractivity contribution in [1.29, 1.82) is 0 Å². The van der Waals surface area contributed by atoms with E-state index in [0.29, 0.717) is 0 Å². The molecule has 0 N–H and O–H groups in total. The summed E-state index contributed by atoms with van der Waals surface area (Å²) >= 11 is 0. The number of benzene rings is 3. The number of pyridine rings is 1. The first-order chi connectivity index (χ1) is 15.0. The quantitative estimate of drug-likeness (QED) is 0.281. The monoisotopic (exact) mass is 420 g/mol. The van der Waals surface area contributed by atoms with Gasteiger partial charge in [0.05, 0.1) is 0 Å². The third-order valence-electron chi connectivity index (χ3n) is 8.49. The lowest BCUT2D eigenvalue weighted by Gasteiger charge is -2.49. The summed E-state index contributed by atoms with van der Waals surface area (Å²) in [5.74, 6) is 0. The van der Waals surface area contributed by atoms with E-state index in [4.69, 9.17) is 0 Å². The highest BCUT2D eigenvalue weighted by Crippen LogP contribution is 2.56. The molecule has 1 aliphatic rings. The molecule has 0 spiro atoms. The zero-order valence-electron chi connectivity index (χ0n) is 20.7. The van der Waals surface area contributed by atoms with Gasteiger partial charge in [0.1, 0.15) is 7.05 Å². The lowest BCUT2D eigenvalue weighted by atomic mass is 9.54. The van der Waals surface area contributed by atoms with Crippen molar-refractivity contribution in [3.8, 4) is 22.4 Å². The molecule has 4 aromatic rings. The van der Waals surface area contributed by atoms with Crippen LogP contribution in [0.1, 0.15) is 55.5 Å². The van der Waals surface area contributed by atoms with E-state index in [-0.39, 0.29) is 10.8 Å². The van der Waals surface area contributed by atoms with Gasteiger partial charge in [0.2, 0.25) is 5.69 Å². The van der Waals surface area contributed by atoms with Crippen molar-refractivity contribution in [2.24, 2.45) is 7.05 Å². The Morgan fingerprint density at radius 2 is 1.34 bits per heavy atom.